The molecule has 0 fully saturated rings. The van der Waals surface area contributed by atoms with Crippen LogP contribution in [0, 0.1) is 0 Å². The van der Waals surface area contributed by atoms with Gasteiger partial charge in [-0.2, -0.15) is 0 Å². The number of carbonyl (C=O) groups excluding carboxylic acids is 2. The minimum Gasteiger partial charge on any atom is -0.488 e. The quantitative estimate of drug-likeness (QED) is 0.926. The van der Waals surface area contributed by atoms with Gasteiger partial charge in [0.2, 0.25) is 5.91 Å². The Hall–Kier alpha value is -2.62. The standard InChI is InChI=1S/C16H13NO3.C2H6/c17-15(18)8-10-5-6-14-13(7-10)16(19)12-4-2-1-3-11(12)9-20-14;1-2/h1-7H,8-9H2,(H2,17,18);1-2H3. The predicted octanol–water partition coefficient (Wildman–Crippen LogP) is 2.86. The van der Waals surface area contributed by atoms with E-state index in [-0.39, 0.29) is 12.2 Å². The van der Waals surface area contributed by atoms with Crippen LogP contribution in [0.5, 0.6) is 5.75 Å². The number of fused-ring (bicyclic) bond motifs is 2. The number of ketones is 1. The molecule has 4 nitrogen and oxygen atoms in total. The summed E-state index contributed by atoms with van der Waals surface area (Å²) in [5.41, 5.74) is 7.89. The van der Waals surface area contributed by atoms with Gasteiger partial charge in [0, 0.05) is 11.1 Å². The lowest BCUT2D eigenvalue weighted by atomic mass is 9.97. The summed E-state index contributed by atoms with van der Waals surface area (Å²) < 4.78 is 5.67. The van der Waals surface area contributed by atoms with E-state index >= 15 is 0 Å². The van der Waals surface area contributed by atoms with Gasteiger partial charge in [0.05, 0.1) is 12.0 Å². The molecule has 1 aliphatic rings. The molecule has 0 saturated heterocycles. The molecule has 0 atom stereocenters. The number of hydrogen-bond acceptors (Lipinski definition) is 3. The summed E-state index contributed by atoms with van der Waals surface area (Å²) in [6.45, 7) is 4.37. The van der Waals surface area contributed by atoms with E-state index in [0.29, 0.717) is 29.0 Å². The Morgan fingerprint density at radius 2 is 1.86 bits per heavy atom. The minimum absolute atomic E-state index is 0.0839. The van der Waals surface area contributed by atoms with Crippen molar-refractivity contribution in [1.29, 1.82) is 0 Å². The lowest BCUT2D eigenvalue weighted by molar-refractivity contribution is -0.117. The normalized spacial score (nSPS) is 12.0. The van der Waals surface area contributed by atoms with Crippen LogP contribution in [0.25, 0.3) is 0 Å². The van der Waals surface area contributed by atoms with Crippen molar-refractivity contribution < 1.29 is 14.3 Å². The van der Waals surface area contributed by atoms with E-state index in [9.17, 15) is 9.59 Å². The smallest absolute Gasteiger partial charge is 0.221 e. The highest BCUT2D eigenvalue weighted by Gasteiger charge is 2.22. The fourth-order valence-corrected chi connectivity index (χ4v) is 2.36. The van der Waals surface area contributed by atoms with Crippen molar-refractivity contribution in [1.82, 2.24) is 0 Å². The fourth-order valence-electron chi connectivity index (χ4n) is 2.36. The number of hydrogen-bond donors (Lipinski definition) is 1. The van der Waals surface area contributed by atoms with Crippen LogP contribution in [0.15, 0.2) is 42.5 Å². The maximum atomic E-state index is 12.6. The Labute approximate surface area is 129 Å². The first kappa shape index (κ1) is 15.8. The maximum absolute atomic E-state index is 12.6. The number of benzene rings is 2. The Balaban J connectivity index is 0.000000847. The Morgan fingerprint density at radius 1 is 1.14 bits per heavy atom. The molecule has 0 bridgehead atoms. The van der Waals surface area contributed by atoms with Crippen molar-refractivity contribution in [3.05, 3.63) is 64.7 Å². The number of rotatable bonds is 2. The highest BCUT2D eigenvalue weighted by Crippen LogP contribution is 2.29. The topological polar surface area (TPSA) is 69.4 Å². The monoisotopic (exact) mass is 297 g/mol. The molecule has 4 heteroatoms. The molecule has 3 rings (SSSR count). The molecule has 1 amide bonds. The van der Waals surface area contributed by atoms with Gasteiger partial charge in [0.25, 0.3) is 0 Å². The molecule has 2 aromatic rings. The van der Waals surface area contributed by atoms with Gasteiger partial charge in [-0.05, 0) is 17.7 Å². The van der Waals surface area contributed by atoms with Gasteiger partial charge in [-0.15, -0.1) is 0 Å². The lowest BCUT2D eigenvalue weighted by Gasteiger charge is -2.07. The molecule has 0 radical (unpaired) electrons. The van der Waals surface area contributed by atoms with Gasteiger partial charge in [0.15, 0.2) is 5.78 Å². The SMILES string of the molecule is CC.NC(=O)Cc1ccc2c(c1)C(=O)c1ccccc1CO2. The number of primary amides is 1. The number of amides is 1. The van der Waals surface area contributed by atoms with Crippen LogP contribution in [0.1, 0.15) is 40.9 Å². The molecule has 0 unspecified atom stereocenters. The summed E-state index contributed by atoms with van der Waals surface area (Å²) in [5, 5.41) is 0. The van der Waals surface area contributed by atoms with Crippen LogP contribution in [0.2, 0.25) is 0 Å². The van der Waals surface area contributed by atoms with E-state index in [0.717, 1.165) is 5.56 Å². The van der Waals surface area contributed by atoms with Crippen molar-refractivity contribution in [2.24, 2.45) is 5.73 Å². The van der Waals surface area contributed by atoms with E-state index in [2.05, 4.69) is 0 Å². The summed E-state index contributed by atoms with van der Waals surface area (Å²) in [6.07, 6.45) is 0.113. The van der Waals surface area contributed by atoms with Crippen molar-refractivity contribution in [3.63, 3.8) is 0 Å². The van der Waals surface area contributed by atoms with Crippen molar-refractivity contribution in [2.75, 3.05) is 0 Å². The van der Waals surface area contributed by atoms with E-state index in [1.807, 2.05) is 32.0 Å². The van der Waals surface area contributed by atoms with Gasteiger partial charge >= 0.3 is 0 Å². The molecule has 1 heterocycles. The number of nitrogens with two attached hydrogens (primary N) is 1. The molecule has 22 heavy (non-hydrogen) atoms. The molecule has 1 aliphatic heterocycles. The number of ether oxygens (including phenoxy) is 1. The van der Waals surface area contributed by atoms with Crippen molar-refractivity contribution in [3.8, 4) is 5.75 Å². The van der Waals surface area contributed by atoms with Crippen molar-refractivity contribution >= 4 is 11.7 Å². The molecule has 2 aromatic carbocycles. The lowest BCUT2D eigenvalue weighted by Crippen LogP contribution is -2.14. The van der Waals surface area contributed by atoms with Crippen molar-refractivity contribution in [2.45, 2.75) is 26.9 Å². The zero-order valence-corrected chi connectivity index (χ0v) is 12.8. The van der Waals surface area contributed by atoms with Gasteiger partial charge < -0.3 is 10.5 Å². The third-order valence-electron chi connectivity index (χ3n) is 3.31. The van der Waals surface area contributed by atoms with Crippen LogP contribution in [0.3, 0.4) is 0 Å². The largest absolute Gasteiger partial charge is 0.488 e. The van der Waals surface area contributed by atoms with Crippen LogP contribution >= 0.6 is 0 Å². The molecule has 0 aliphatic carbocycles. The van der Waals surface area contributed by atoms with Crippen LogP contribution in [0.4, 0.5) is 0 Å². The van der Waals surface area contributed by atoms with E-state index < -0.39 is 5.91 Å². The Kier molecular flexibility index (Phi) is 4.94. The first-order valence-corrected chi connectivity index (χ1v) is 7.32. The Bertz CT molecular complexity index is 707. The fraction of sp³-hybridized carbons (Fsp3) is 0.222. The van der Waals surface area contributed by atoms with E-state index in [1.165, 1.54) is 0 Å². The van der Waals surface area contributed by atoms with Gasteiger partial charge in [-0.1, -0.05) is 44.2 Å². The van der Waals surface area contributed by atoms with Gasteiger partial charge in [0.1, 0.15) is 12.4 Å². The zero-order valence-electron chi connectivity index (χ0n) is 12.8. The summed E-state index contributed by atoms with van der Waals surface area (Å²) in [5.74, 6) is 0.0335. The zero-order chi connectivity index (χ0) is 16.1. The third-order valence-corrected chi connectivity index (χ3v) is 3.31. The molecular formula is C18H19NO3. The summed E-state index contributed by atoms with van der Waals surface area (Å²) in [7, 11) is 0. The van der Waals surface area contributed by atoms with Gasteiger partial charge in [-0.25, -0.2) is 0 Å². The van der Waals surface area contributed by atoms with Crippen LogP contribution in [-0.2, 0) is 17.8 Å². The average molecular weight is 297 g/mol. The number of carbonyl (C=O) groups is 2. The van der Waals surface area contributed by atoms with Crippen LogP contribution in [-0.4, -0.2) is 11.7 Å². The molecular weight excluding hydrogens is 278 g/mol. The van der Waals surface area contributed by atoms with E-state index in [4.69, 9.17) is 10.5 Å². The second kappa shape index (κ2) is 6.89. The summed E-state index contributed by atoms with van der Waals surface area (Å²) in [4.78, 5) is 23.6. The maximum Gasteiger partial charge on any atom is 0.221 e. The van der Waals surface area contributed by atoms with E-state index in [1.54, 1.807) is 24.3 Å². The highest BCUT2D eigenvalue weighted by molar-refractivity contribution is 6.12. The summed E-state index contributed by atoms with van der Waals surface area (Å²) >= 11 is 0. The molecule has 2 N–H and O–H groups in total. The highest BCUT2D eigenvalue weighted by atomic mass is 16.5. The minimum atomic E-state index is -0.424. The Morgan fingerprint density at radius 3 is 2.59 bits per heavy atom. The molecule has 114 valence electrons. The van der Waals surface area contributed by atoms with Gasteiger partial charge in [-0.3, -0.25) is 9.59 Å². The third kappa shape index (κ3) is 3.17. The average Bonchev–Trinajstić information content (AvgIpc) is 2.67. The molecule has 0 saturated carbocycles. The second-order valence-corrected chi connectivity index (χ2v) is 4.75. The molecule has 0 spiro atoms. The first-order valence-electron chi connectivity index (χ1n) is 7.32. The van der Waals surface area contributed by atoms with Crippen LogP contribution < -0.4 is 10.5 Å². The second-order valence-electron chi connectivity index (χ2n) is 4.75. The predicted molar refractivity (Wildman–Crippen MR) is 84.9 cm³/mol. The first-order chi connectivity index (χ1) is 10.6. The summed E-state index contributed by atoms with van der Waals surface area (Å²) in [6, 6.07) is 12.5. The molecule has 0 aromatic heterocycles.